The highest BCUT2D eigenvalue weighted by Crippen LogP contribution is 2.10. The van der Waals surface area contributed by atoms with Crippen LogP contribution in [-0.4, -0.2) is 30.1 Å². The van der Waals surface area contributed by atoms with Gasteiger partial charge in [-0.1, -0.05) is 29.5 Å². The fraction of sp³-hybridized carbons (Fsp3) is 0.182. The Bertz CT molecular complexity index is 681. The Kier molecular flexibility index (Phi) is 4.42. The van der Waals surface area contributed by atoms with Gasteiger partial charge in [0, 0.05) is 18.5 Å². The van der Waals surface area contributed by atoms with E-state index in [1.807, 2.05) is 0 Å². The molecule has 7 nitrogen and oxygen atoms in total. The first kappa shape index (κ1) is 14.6. The Labute approximate surface area is 121 Å². The van der Waals surface area contributed by atoms with Crippen molar-refractivity contribution in [2.45, 2.75) is 11.3 Å². The van der Waals surface area contributed by atoms with Crippen LogP contribution >= 0.6 is 12.2 Å². The quantitative estimate of drug-likeness (QED) is 0.734. The molecule has 0 unspecified atom stereocenters. The topological polar surface area (TPSA) is 111 Å². The summed E-state index contributed by atoms with van der Waals surface area (Å²) < 4.78 is 31.2. The molecule has 0 aliphatic heterocycles. The molecule has 0 bridgehead atoms. The number of sulfonamides is 1. The van der Waals surface area contributed by atoms with Crippen LogP contribution in [0.3, 0.4) is 0 Å². The van der Waals surface area contributed by atoms with Crippen LogP contribution in [0.25, 0.3) is 0 Å². The van der Waals surface area contributed by atoms with Crippen molar-refractivity contribution in [2.75, 3.05) is 6.54 Å². The smallest absolute Gasteiger partial charge is 0.240 e. The van der Waals surface area contributed by atoms with Crippen LogP contribution in [0.1, 0.15) is 11.5 Å². The summed E-state index contributed by atoms with van der Waals surface area (Å²) in [6, 6.07) is 6.02. The van der Waals surface area contributed by atoms with Crippen molar-refractivity contribution >= 4 is 27.2 Å². The number of benzene rings is 1. The molecule has 20 heavy (non-hydrogen) atoms. The third kappa shape index (κ3) is 3.59. The SMILES string of the molecule is NC(=S)c1ccc(S(=O)(=O)NCCc2ncno2)cc1. The van der Waals surface area contributed by atoms with E-state index in [1.54, 1.807) is 12.1 Å². The summed E-state index contributed by atoms with van der Waals surface area (Å²) in [5, 5.41) is 3.43. The zero-order valence-corrected chi connectivity index (χ0v) is 11.9. The normalized spacial score (nSPS) is 11.4. The van der Waals surface area contributed by atoms with Gasteiger partial charge in [-0.15, -0.1) is 0 Å². The zero-order chi connectivity index (χ0) is 14.6. The van der Waals surface area contributed by atoms with Crippen molar-refractivity contribution in [3.8, 4) is 0 Å². The largest absolute Gasteiger partial charge is 0.389 e. The third-order valence-corrected chi connectivity index (χ3v) is 4.20. The van der Waals surface area contributed by atoms with Gasteiger partial charge in [0.25, 0.3) is 0 Å². The summed E-state index contributed by atoms with van der Waals surface area (Å²) in [4.78, 5) is 4.16. The van der Waals surface area contributed by atoms with Crippen molar-refractivity contribution < 1.29 is 12.9 Å². The number of nitrogens with zero attached hydrogens (tertiary/aromatic N) is 2. The van der Waals surface area contributed by atoms with E-state index < -0.39 is 10.0 Å². The van der Waals surface area contributed by atoms with E-state index in [-0.39, 0.29) is 16.4 Å². The van der Waals surface area contributed by atoms with Crippen LogP contribution in [0, 0.1) is 0 Å². The first-order chi connectivity index (χ1) is 9.49. The Morgan fingerprint density at radius 3 is 2.60 bits per heavy atom. The molecule has 0 atom stereocenters. The molecule has 1 aromatic carbocycles. The van der Waals surface area contributed by atoms with Gasteiger partial charge in [-0.25, -0.2) is 13.1 Å². The van der Waals surface area contributed by atoms with Crippen LogP contribution in [0.2, 0.25) is 0 Å². The minimum atomic E-state index is -3.58. The lowest BCUT2D eigenvalue weighted by Crippen LogP contribution is -2.26. The van der Waals surface area contributed by atoms with Gasteiger partial charge in [0.1, 0.15) is 4.99 Å². The fourth-order valence-electron chi connectivity index (χ4n) is 1.48. The van der Waals surface area contributed by atoms with Gasteiger partial charge in [0.05, 0.1) is 4.90 Å². The number of hydrogen-bond donors (Lipinski definition) is 2. The maximum absolute atomic E-state index is 12.0. The monoisotopic (exact) mass is 312 g/mol. The highest BCUT2D eigenvalue weighted by atomic mass is 32.2. The number of nitrogens with two attached hydrogens (primary N) is 1. The maximum atomic E-state index is 12.0. The highest BCUT2D eigenvalue weighted by molar-refractivity contribution is 7.89. The number of nitrogens with one attached hydrogen (secondary N) is 1. The molecule has 0 fully saturated rings. The molecule has 9 heteroatoms. The molecule has 1 heterocycles. The van der Waals surface area contributed by atoms with Gasteiger partial charge < -0.3 is 10.3 Å². The van der Waals surface area contributed by atoms with Crippen molar-refractivity contribution in [3.63, 3.8) is 0 Å². The molecule has 106 valence electrons. The summed E-state index contributed by atoms with van der Waals surface area (Å²) in [5.74, 6) is 0.372. The number of rotatable bonds is 6. The number of thiocarbonyl (C=S) groups is 1. The van der Waals surface area contributed by atoms with Crippen LogP contribution in [0.5, 0.6) is 0 Å². The third-order valence-electron chi connectivity index (χ3n) is 2.49. The second kappa shape index (κ2) is 6.07. The summed E-state index contributed by atoms with van der Waals surface area (Å²) in [6.07, 6.45) is 1.59. The molecule has 2 aromatic rings. The Hall–Kier alpha value is -1.84. The van der Waals surface area contributed by atoms with Gasteiger partial charge in [0.15, 0.2) is 6.33 Å². The second-order valence-corrected chi connectivity index (χ2v) is 6.08. The average Bonchev–Trinajstić information content (AvgIpc) is 2.92. The molecule has 0 spiro atoms. The second-order valence-electron chi connectivity index (χ2n) is 3.87. The number of aromatic nitrogens is 2. The predicted molar refractivity (Wildman–Crippen MR) is 75.5 cm³/mol. The molecule has 0 saturated carbocycles. The molecule has 0 radical (unpaired) electrons. The van der Waals surface area contributed by atoms with Crippen molar-refractivity contribution in [1.82, 2.24) is 14.9 Å². The first-order valence-corrected chi connectivity index (χ1v) is 7.53. The minimum Gasteiger partial charge on any atom is -0.389 e. The van der Waals surface area contributed by atoms with Crippen LogP contribution in [-0.2, 0) is 16.4 Å². The molecule has 1 aromatic heterocycles. The van der Waals surface area contributed by atoms with E-state index in [9.17, 15) is 8.42 Å². The summed E-state index contributed by atoms with van der Waals surface area (Å²) in [5.41, 5.74) is 6.07. The van der Waals surface area contributed by atoms with E-state index in [2.05, 4.69) is 14.9 Å². The zero-order valence-electron chi connectivity index (χ0n) is 10.3. The van der Waals surface area contributed by atoms with Crippen LogP contribution in [0.4, 0.5) is 0 Å². The van der Waals surface area contributed by atoms with E-state index in [1.165, 1.54) is 18.5 Å². The van der Waals surface area contributed by atoms with Gasteiger partial charge in [-0.05, 0) is 12.1 Å². The van der Waals surface area contributed by atoms with Crippen LogP contribution < -0.4 is 10.5 Å². The Balaban J connectivity index is 2.00. The van der Waals surface area contributed by atoms with Gasteiger partial charge in [-0.3, -0.25) is 0 Å². The lowest BCUT2D eigenvalue weighted by molar-refractivity contribution is 0.377. The van der Waals surface area contributed by atoms with Crippen LogP contribution in [0.15, 0.2) is 40.0 Å². The Morgan fingerprint density at radius 1 is 1.35 bits per heavy atom. The molecule has 2 rings (SSSR count). The highest BCUT2D eigenvalue weighted by Gasteiger charge is 2.14. The van der Waals surface area contributed by atoms with E-state index in [4.69, 9.17) is 22.5 Å². The fourth-order valence-corrected chi connectivity index (χ4v) is 2.65. The summed E-state index contributed by atoms with van der Waals surface area (Å²) in [6.45, 7) is 0.168. The summed E-state index contributed by atoms with van der Waals surface area (Å²) >= 11 is 4.80. The van der Waals surface area contributed by atoms with Crippen molar-refractivity contribution in [3.05, 3.63) is 42.0 Å². The lowest BCUT2D eigenvalue weighted by atomic mass is 10.2. The molecule has 3 N–H and O–H groups in total. The van der Waals surface area contributed by atoms with E-state index in [0.29, 0.717) is 17.9 Å². The van der Waals surface area contributed by atoms with Crippen molar-refractivity contribution in [2.24, 2.45) is 5.73 Å². The molecular formula is C11H12N4O3S2. The predicted octanol–water partition coefficient (Wildman–Crippen LogP) is 0.225. The molecule has 0 saturated heterocycles. The molecule has 0 aliphatic rings. The van der Waals surface area contributed by atoms with Gasteiger partial charge >= 0.3 is 0 Å². The first-order valence-electron chi connectivity index (χ1n) is 5.64. The van der Waals surface area contributed by atoms with Crippen molar-refractivity contribution in [1.29, 1.82) is 0 Å². The average molecular weight is 312 g/mol. The Morgan fingerprint density at radius 2 is 2.05 bits per heavy atom. The summed E-state index contributed by atoms with van der Waals surface area (Å²) in [7, 11) is -3.58. The molecule has 0 aliphatic carbocycles. The van der Waals surface area contributed by atoms with Gasteiger partial charge in [-0.2, -0.15) is 4.98 Å². The lowest BCUT2D eigenvalue weighted by Gasteiger charge is -2.06. The molecule has 0 amide bonds. The standard InChI is InChI=1S/C11H12N4O3S2/c12-11(19)8-1-3-9(4-2-8)20(16,17)15-6-5-10-13-7-14-18-10/h1-4,7,15H,5-6H2,(H2,12,19). The maximum Gasteiger partial charge on any atom is 0.240 e. The van der Waals surface area contributed by atoms with E-state index in [0.717, 1.165) is 0 Å². The number of hydrogen-bond acceptors (Lipinski definition) is 6. The van der Waals surface area contributed by atoms with Gasteiger partial charge in [0.2, 0.25) is 15.9 Å². The molecular weight excluding hydrogens is 300 g/mol. The minimum absolute atomic E-state index is 0.142. The van der Waals surface area contributed by atoms with E-state index >= 15 is 0 Å².